The zero-order chi connectivity index (χ0) is 15.2. The van der Waals surface area contributed by atoms with Crippen LogP contribution in [0.5, 0.6) is 0 Å². The van der Waals surface area contributed by atoms with Gasteiger partial charge < -0.3 is 5.32 Å². The van der Waals surface area contributed by atoms with Crippen molar-refractivity contribution in [2.24, 2.45) is 5.14 Å². The molecule has 0 aromatic heterocycles. The van der Waals surface area contributed by atoms with E-state index in [0.29, 0.717) is 16.6 Å². The Hall–Kier alpha value is -0.920. The summed E-state index contributed by atoms with van der Waals surface area (Å²) in [6.45, 7) is 2.12. The van der Waals surface area contributed by atoms with E-state index in [0.717, 1.165) is 25.7 Å². The fraction of sp³-hybridized carbons (Fsp3) is 0.462. The van der Waals surface area contributed by atoms with E-state index in [1.54, 1.807) is 0 Å². The molecule has 0 aliphatic carbocycles. The molecule has 0 fully saturated rings. The number of halogens is 1. The third-order valence-electron chi connectivity index (χ3n) is 2.78. The second-order valence-electron chi connectivity index (χ2n) is 4.55. The number of benzene rings is 1. The Morgan fingerprint density at radius 2 is 2.00 bits per heavy atom. The predicted octanol–water partition coefficient (Wildman–Crippen LogP) is 3.01. The molecular formula is C13H19BrN2O3S. The molecule has 0 saturated carbocycles. The monoisotopic (exact) mass is 362 g/mol. The number of carbonyl (C=O) groups is 1. The van der Waals surface area contributed by atoms with Crippen molar-refractivity contribution in [1.82, 2.24) is 0 Å². The topological polar surface area (TPSA) is 89.3 Å². The van der Waals surface area contributed by atoms with Crippen LogP contribution in [0.15, 0.2) is 27.6 Å². The van der Waals surface area contributed by atoms with Gasteiger partial charge in [-0.2, -0.15) is 0 Å². The van der Waals surface area contributed by atoms with E-state index in [-0.39, 0.29) is 10.8 Å². The van der Waals surface area contributed by atoms with E-state index in [1.807, 2.05) is 0 Å². The SMILES string of the molecule is CCCCCCC(=O)Nc1ccc(S(N)(=O)=O)c(Br)c1. The normalized spacial score (nSPS) is 11.3. The van der Waals surface area contributed by atoms with Gasteiger partial charge in [0.15, 0.2) is 0 Å². The molecule has 0 aliphatic rings. The van der Waals surface area contributed by atoms with Crippen LogP contribution in [0.3, 0.4) is 0 Å². The lowest BCUT2D eigenvalue weighted by atomic mass is 10.1. The number of hydrogen-bond donors (Lipinski definition) is 2. The number of amides is 1. The summed E-state index contributed by atoms with van der Waals surface area (Å²) in [5.74, 6) is -0.0728. The molecule has 0 unspecified atom stereocenters. The highest BCUT2D eigenvalue weighted by Crippen LogP contribution is 2.24. The number of nitrogens with two attached hydrogens (primary N) is 1. The average Bonchev–Trinajstić information content (AvgIpc) is 2.33. The standard InChI is InChI=1S/C13H19BrN2O3S/c1-2-3-4-5-6-13(17)16-10-7-8-12(11(14)9-10)20(15,18)19/h7-9H,2-6H2,1H3,(H,16,17)(H2,15,18,19). The Morgan fingerprint density at radius 1 is 1.30 bits per heavy atom. The number of rotatable bonds is 7. The quantitative estimate of drug-likeness (QED) is 0.730. The second-order valence-corrected chi connectivity index (χ2v) is 6.93. The van der Waals surface area contributed by atoms with Crippen molar-refractivity contribution < 1.29 is 13.2 Å². The minimum atomic E-state index is -3.76. The van der Waals surface area contributed by atoms with Crippen LogP contribution in [0.4, 0.5) is 5.69 Å². The largest absolute Gasteiger partial charge is 0.326 e. The summed E-state index contributed by atoms with van der Waals surface area (Å²) < 4.78 is 22.8. The Balaban J connectivity index is 2.61. The van der Waals surface area contributed by atoms with Gasteiger partial charge in [0.1, 0.15) is 0 Å². The predicted molar refractivity (Wildman–Crippen MR) is 82.9 cm³/mol. The van der Waals surface area contributed by atoms with Crippen LogP contribution >= 0.6 is 15.9 Å². The van der Waals surface area contributed by atoms with Gasteiger partial charge in [0.05, 0.1) is 4.90 Å². The van der Waals surface area contributed by atoms with Gasteiger partial charge in [-0.15, -0.1) is 0 Å². The van der Waals surface area contributed by atoms with E-state index in [4.69, 9.17) is 5.14 Å². The third kappa shape index (κ3) is 5.60. The van der Waals surface area contributed by atoms with E-state index in [2.05, 4.69) is 28.2 Å². The zero-order valence-corrected chi connectivity index (χ0v) is 13.8. The number of sulfonamides is 1. The number of anilines is 1. The van der Waals surface area contributed by atoms with Crippen LogP contribution in [-0.2, 0) is 14.8 Å². The van der Waals surface area contributed by atoms with E-state index < -0.39 is 10.0 Å². The second kappa shape index (κ2) is 7.75. The van der Waals surface area contributed by atoms with Crippen molar-refractivity contribution in [3.8, 4) is 0 Å². The highest BCUT2D eigenvalue weighted by Gasteiger charge is 2.13. The molecule has 0 heterocycles. The van der Waals surface area contributed by atoms with Crippen molar-refractivity contribution in [2.45, 2.75) is 43.9 Å². The maximum absolute atomic E-state index is 11.7. The number of unbranched alkanes of at least 4 members (excludes halogenated alkanes) is 3. The molecule has 0 atom stereocenters. The molecule has 1 aromatic rings. The number of hydrogen-bond acceptors (Lipinski definition) is 3. The highest BCUT2D eigenvalue weighted by atomic mass is 79.9. The Morgan fingerprint density at radius 3 is 2.55 bits per heavy atom. The van der Waals surface area contributed by atoms with E-state index >= 15 is 0 Å². The van der Waals surface area contributed by atoms with Gasteiger partial charge in [-0.25, -0.2) is 13.6 Å². The van der Waals surface area contributed by atoms with Gasteiger partial charge >= 0.3 is 0 Å². The van der Waals surface area contributed by atoms with E-state index in [9.17, 15) is 13.2 Å². The molecule has 0 bridgehead atoms. The molecule has 7 heteroatoms. The summed E-state index contributed by atoms with van der Waals surface area (Å²) in [5, 5.41) is 7.79. The lowest BCUT2D eigenvalue weighted by Crippen LogP contribution is -2.14. The van der Waals surface area contributed by atoms with Crippen molar-refractivity contribution in [3.05, 3.63) is 22.7 Å². The number of primary sulfonamides is 1. The molecule has 0 aliphatic heterocycles. The fourth-order valence-corrected chi connectivity index (χ4v) is 3.39. The maximum Gasteiger partial charge on any atom is 0.239 e. The Kier molecular flexibility index (Phi) is 6.64. The first-order chi connectivity index (χ1) is 9.34. The van der Waals surface area contributed by atoms with Gasteiger partial charge in [0.25, 0.3) is 0 Å². The molecule has 1 aromatic carbocycles. The van der Waals surface area contributed by atoms with Gasteiger partial charge in [0.2, 0.25) is 15.9 Å². The molecule has 0 spiro atoms. The van der Waals surface area contributed by atoms with Gasteiger partial charge in [0, 0.05) is 16.6 Å². The fourth-order valence-electron chi connectivity index (χ4n) is 1.75. The molecule has 0 saturated heterocycles. The first kappa shape index (κ1) is 17.1. The maximum atomic E-state index is 11.7. The van der Waals surface area contributed by atoms with Crippen LogP contribution in [0.1, 0.15) is 39.0 Å². The lowest BCUT2D eigenvalue weighted by Gasteiger charge is -2.08. The highest BCUT2D eigenvalue weighted by molar-refractivity contribution is 9.10. The van der Waals surface area contributed by atoms with Crippen LogP contribution < -0.4 is 10.5 Å². The smallest absolute Gasteiger partial charge is 0.239 e. The van der Waals surface area contributed by atoms with Crippen LogP contribution in [0, 0.1) is 0 Å². The Bertz CT molecular complexity index is 573. The average molecular weight is 363 g/mol. The summed E-state index contributed by atoms with van der Waals surface area (Å²) >= 11 is 3.14. The van der Waals surface area contributed by atoms with E-state index in [1.165, 1.54) is 18.2 Å². The molecule has 1 rings (SSSR count). The summed E-state index contributed by atoms with van der Waals surface area (Å²) in [6.07, 6.45) is 4.62. The molecular weight excluding hydrogens is 344 g/mol. The summed E-state index contributed by atoms with van der Waals surface area (Å²) in [7, 11) is -3.76. The molecule has 0 radical (unpaired) electrons. The summed E-state index contributed by atoms with van der Waals surface area (Å²) in [5.41, 5.74) is 0.546. The van der Waals surface area contributed by atoms with Crippen molar-refractivity contribution >= 4 is 37.5 Å². The number of carbonyl (C=O) groups excluding carboxylic acids is 1. The molecule has 112 valence electrons. The van der Waals surface area contributed by atoms with Crippen molar-refractivity contribution in [1.29, 1.82) is 0 Å². The molecule has 3 N–H and O–H groups in total. The molecule has 20 heavy (non-hydrogen) atoms. The molecule has 5 nitrogen and oxygen atoms in total. The van der Waals surface area contributed by atoms with Gasteiger partial charge in [-0.1, -0.05) is 26.2 Å². The minimum absolute atomic E-state index is 0.00144. The number of nitrogens with one attached hydrogen (secondary N) is 1. The van der Waals surface area contributed by atoms with Gasteiger partial charge in [-0.05, 0) is 40.5 Å². The third-order valence-corrected chi connectivity index (χ3v) is 4.67. The van der Waals surface area contributed by atoms with Crippen LogP contribution in [0.2, 0.25) is 0 Å². The van der Waals surface area contributed by atoms with Crippen molar-refractivity contribution in [2.75, 3.05) is 5.32 Å². The summed E-state index contributed by atoms with van der Waals surface area (Å²) in [6, 6.07) is 4.42. The zero-order valence-electron chi connectivity index (χ0n) is 11.4. The van der Waals surface area contributed by atoms with Crippen LogP contribution in [-0.4, -0.2) is 14.3 Å². The molecule has 1 amide bonds. The lowest BCUT2D eigenvalue weighted by molar-refractivity contribution is -0.116. The van der Waals surface area contributed by atoms with Gasteiger partial charge in [-0.3, -0.25) is 4.79 Å². The first-order valence-electron chi connectivity index (χ1n) is 6.46. The first-order valence-corrected chi connectivity index (χ1v) is 8.80. The summed E-state index contributed by atoms with van der Waals surface area (Å²) in [4.78, 5) is 11.7. The van der Waals surface area contributed by atoms with Crippen LogP contribution in [0.25, 0.3) is 0 Å². The minimum Gasteiger partial charge on any atom is -0.326 e. The Labute approximate surface area is 128 Å². The van der Waals surface area contributed by atoms with Crippen molar-refractivity contribution in [3.63, 3.8) is 0 Å².